The first-order valence-corrected chi connectivity index (χ1v) is 12.0. The number of nitrogens with one attached hydrogen (secondary N) is 1. The van der Waals surface area contributed by atoms with Gasteiger partial charge in [0, 0.05) is 12.6 Å². The van der Waals surface area contributed by atoms with Crippen LogP contribution in [0.1, 0.15) is 68.3 Å². The van der Waals surface area contributed by atoms with E-state index in [-0.39, 0.29) is 5.92 Å². The predicted octanol–water partition coefficient (Wildman–Crippen LogP) is 5.81. The number of hydrogen-bond donors (Lipinski definition) is 1. The third kappa shape index (κ3) is 4.11. The molecule has 156 valence electrons. The summed E-state index contributed by atoms with van der Waals surface area (Å²) in [5.74, 6) is 9.26. The number of benzene rings is 1. The highest BCUT2D eigenvalue weighted by molar-refractivity contribution is 7.22. The summed E-state index contributed by atoms with van der Waals surface area (Å²) in [6.07, 6.45) is 16.9. The Bertz CT molecular complexity index is 1240. The van der Waals surface area contributed by atoms with Crippen LogP contribution in [0.5, 0.6) is 0 Å². The van der Waals surface area contributed by atoms with Crippen LogP contribution in [-0.4, -0.2) is 20.6 Å². The van der Waals surface area contributed by atoms with Gasteiger partial charge in [0.25, 0.3) is 0 Å². The molecule has 4 nitrogen and oxygen atoms in total. The first-order valence-electron chi connectivity index (χ1n) is 11.1. The molecule has 1 unspecified atom stereocenters. The van der Waals surface area contributed by atoms with Crippen molar-refractivity contribution in [1.82, 2.24) is 14.5 Å². The molecule has 5 heteroatoms. The van der Waals surface area contributed by atoms with Gasteiger partial charge in [-0.1, -0.05) is 61.4 Å². The smallest absolute Gasteiger partial charge is 0.184 e. The van der Waals surface area contributed by atoms with Crippen molar-refractivity contribution in [2.45, 2.75) is 64.0 Å². The summed E-state index contributed by atoms with van der Waals surface area (Å²) in [5, 5.41) is 4.71. The fourth-order valence-electron chi connectivity index (χ4n) is 4.55. The Kier molecular flexibility index (Phi) is 5.53. The van der Waals surface area contributed by atoms with E-state index >= 15 is 0 Å². The van der Waals surface area contributed by atoms with Gasteiger partial charge in [0.1, 0.15) is 0 Å². The van der Waals surface area contributed by atoms with E-state index in [1.165, 1.54) is 42.4 Å². The van der Waals surface area contributed by atoms with Gasteiger partial charge in [0.2, 0.25) is 0 Å². The van der Waals surface area contributed by atoms with Gasteiger partial charge in [0.15, 0.2) is 5.13 Å². The Morgan fingerprint density at radius 1 is 1.29 bits per heavy atom. The molecular formula is C26H26N4S. The van der Waals surface area contributed by atoms with Crippen LogP contribution in [0.15, 0.2) is 30.1 Å². The van der Waals surface area contributed by atoms with Crippen molar-refractivity contribution in [1.29, 1.82) is 0 Å². The molecule has 2 aliphatic carbocycles. The molecule has 2 heterocycles. The van der Waals surface area contributed by atoms with Crippen LogP contribution in [0.25, 0.3) is 16.3 Å². The molecule has 0 aliphatic heterocycles. The Labute approximate surface area is 187 Å². The van der Waals surface area contributed by atoms with Gasteiger partial charge in [-0.15, -0.1) is 6.42 Å². The summed E-state index contributed by atoms with van der Waals surface area (Å²) in [7, 11) is 0. The molecule has 1 atom stereocenters. The van der Waals surface area contributed by atoms with Crippen molar-refractivity contribution in [2.24, 2.45) is 0 Å². The molecule has 31 heavy (non-hydrogen) atoms. The molecule has 2 aromatic heterocycles. The molecule has 3 aromatic rings. The molecule has 2 aliphatic rings. The van der Waals surface area contributed by atoms with E-state index in [2.05, 4.69) is 57.8 Å². The number of hydrogen-bond acceptors (Lipinski definition) is 4. The van der Waals surface area contributed by atoms with Crippen LogP contribution < -0.4 is 5.32 Å². The Hall–Kier alpha value is -3.02. The fourth-order valence-corrected chi connectivity index (χ4v) is 5.56. The SMILES string of the molecule is C#CC1=Cc2ncn(Cc3ccc4nc(NC5CCCCC5)sc4c3)c2C(CC)C#C1. The Morgan fingerprint density at radius 2 is 2.16 bits per heavy atom. The van der Waals surface area contributed by atoms with E-state index in [4.69, 9.17) is 11.4 Å². The maximum Gasteiger partial charge on any atom is 0.184 e. The second-order valence-corrected chi connectivity index (χ2v) is 9.41. The van der Waals surface area contributed by atoms with Crippen LogP contribution >= 0.6 is 11.3 Å². The lowest BCUT2D eigenvalue weighted by atomic mass is 9.96. The number of anilines is 1. The number of nitrogens with zero attached hydrogens (tertiary/aromatic N) is 3. The van der Waals surface area contributed by atoms with E-state index in [0.29, 0.717) is 11.6 Å². The molecular weight excluding hydrogens is 400 g/mol. The fraction of sp³-hybridized carbons (Fsp3) is 0.385. The van der Waals surface area contributed by atoms with Gasteiger partial charge in [-0.3, -0.25) is 0 Å². The number of imidazole rings is 1. The molecule has 0 amide bonds. The minimum atomic E-state index is 0.137. The summed E-state index contributed by atoms with van der Waals surface area (Å²) in [5.41, 5.74) is 5.09. The van der Waals surface area contributed by atoms with Crippen molar-refractivity contribution in [3.63, 3.8) is 0 Å². The Balaban J connectivity index is 1.40. The number of terminal acetylenes is 1. The van der Waals surface area contributed by atoms with E-state index < -0.39 is 0 Å². The van der Waals surface area contributed by atoms with E-state index in [1.54, 1.807) is 11.3 Å². The third-order valence-corrected chi connectivity index (χ3v) is 7.15. The van der Waals surface area contributed by atoms with Gasteiger partial charge >= 0.3 is 0 Å². The van der Waals surface area contributed by atoms with E-state index in [1.807, 2.05) is 12.4 Å². The summed E-state index contributed by atoms with van der Waals surface area (Å²) in [6, 6.07) is 7.14. The molecule has 0 radical (unpaired) electrons. The monoisotopic (exact) mass is 426 g/mol. The van der Waals surface area contributed by atoms with Crippen LogP contribution in [0, 0.1) is 24.2 Å². The van der Waals surface area contributed by atoms with Gasteiger partial charge in [-0.2, -0.15) is 0 Å². The average molecular weight is 427 g/mol. The molecule has 1 fully saturated rings. The van der Waals surface area contributed by atoms with Crippen molar-refractivity contribution in [3.05, 3.63) is 47.1 Å². The lowest BCUT2D eigenvalue weighted by molar-refractivity contribution is 0.462. The largest absolute Gasteiger partial charge is 0.359 e. The van der Waals surface area contributed by atoms with Crippen LogP contribution in [0.2, 0.25) is 0 Å². The van der Waals surface area contributed by atoms with Crippen LogP contribution in [0.3, 0.4) is 0 Å². The first kappa shape index (κ1) is 19.9. The van der Waals surface area contributed by atoms with Gasteiger partial charge in [-0.25, -0.2) is 9.97 Å². The minimum absolute atomic E-state index is 0.137. The summed E-state index contributed by atoms with van der Waals surface area (Å²) >= 11 is 1.76. The predicted molar refractivity (Wildman–Crippen MR) is 129 cm³/mol. The first-order chi connectivity index (χ1) is 15.2. The minimum Gasteiger partial charge on any atom is -0.359 e. The molecule has 1 N–H and O–H groups in total. The second-order valence-electron chi connectivity index (χ2n) is 8.38. The zero-order valence-corrected chi connectivity index (χ0v) is 18.6. The molecule has 5 rings (SSSR count). The lowest BCUT2D eigenvalue weighted by Gasteiger charge is -2.22. The highest BCUT2D eigenvalue weighted by Gasteiger charge is 2.20. The number of allylic oxidation sites excluding steroid dienone is 1. The number of thiazole rings is 1. The van der Waals surface area contributed by atoms with Gasteiger partial charge < -0.3 is 9.88 Å². The molecule has 1 saturated carbocycles. The third-order valence-electron chi connectivity index (χ3n) is 6.20. The van der Waals surface area contributed by atoms with E-state index in [0.717, 1.165) is 35.0 Å². The normalized spacial score (nSPS) is 18.5. The highest BCUT2D eigenvalue weighted by atomic mass is 32.1. The molecule has 0 spiro atoms. The number of fused-ring (bicyclic) bond motifs is 2. The van der Waals surface area contributed by atoms with Gasteiger partial charge in [-0.05, 0) is 43.0 Å². The quantitative estimate of drug-likeness (QED) is 0.523. The zero-order chi connectivity index (χ0) is 21.2. The van der Waals surface area contributed by atoms with Crippen molar-refractivity contribution in [3.8, 4) is 24.2 Å². The average Bonchev–Trinajstić information content (AvgIpc) is 3.31. The van der Waals surface area contributed by atoms with Crippen molar-refractivity contribution in [2.75, 3.05) is 5.32 Å². The van der Waals surface area contributed by atoms with Crippen LogP contribution in [-0.2, 0) is 6.54 Å². The number of aromatic nitrogens is 3. The maximum atomic E-state index is 5.60. The topological polar surface area (TPSA) is 42.7 Å². The zero-order valence-electron chi connectivity index (χ0n) is 17.8. The van der Waals surface area contributed by atoms with Crippen molar-refractivity contribution >= 4 is 32.8 Å². The highest BCUT2D eigenvalue weighted by Crippen LogP contribution is 2.31. The summed E-state index contributed by atoms with van der Waals surface area (Å²) in [6.45, 7) is 2.92. The Morgan fingerprint density at radius 3 is 2.97 bits per heavy atom. The molecule has 0 bridgehead atoms. The maximum absolute atomic E-state index is 5.60. The van der Waals surface area contributed by atoms with Crippen LogP contribution in [0.4, 0.5) is 5.13 Å². The summed E-state index contributed by atoms with van der Waals surface area (Å²) < 4.78 is 3.45. The van der Waals surface area contributed by atoms with Gasteiger partial charge in [0.05, 0.1) is 39.4 Å². The second kappa shape index (κ2) is 8.61. The van der Waals surface area contributed by atoms with E-state index in [9.17, 15) is 0 Å². The number of rotatable bonds is 5. The lowest BCUT2D eigenvalue weighted by Crippen LogP contribution is -2.21. The molecule has 1 aromatic carbocycles. The standard InChI is InChI=1S/C26H26N4S/c1-3-18-10-12-20(4-2)25-23(14-18)27-17-30(25)16-19-11-13-22-24(15-19)31-26(29-22)28-21-8-6-5-7-9-21/h1,11,13-15,17,20-21H,4-9,16H2,2H3,(H,28,29). The molecule has 0 saturated heterocycles. The summed E-state index contributed by atoms with van der Waals surface area (Å²) in [4.78, 5) is 9.45. The van der Waals surface area contributed by atoms with Crippen molar-refractivity contribution < 1.29 is 0 Å².